The summed E-state index contributed by atoms with van der Waals surface area (Å²) in [6.45, 7) is -0.129. The topological polar surface area (TPSA) is 110 Å². The molecule has 1 saturated carbocycles. The van der Waals surface area contributed by atoms with Crippen LogP contribution < -0.4 is 22.3 Å². The first-order chi connectivity index (χ1) is 8.56. The van der Waals surface area contributed by atoms with Crippen LogP contribution in [-0.4, -0.2) is 21.5 Å². The zero-order valence-electron chi connectivity index (χ0n) is 9.94. The standard InChI is InChI=1S/C11H16N4O3/c12-8-5-15(11(18)14-10(8)17)6-9(16)13-7-3-1-2-4-7/h5,7H,1-4,6,12H2,(H,13,16)(H,14,17,18). The minimum atomic E-state index is -0.632. The van der Waals surface area contributed by atoms with Crippen molar-refractivity contribution in [3.8, 4) is 0 Å². The maximum absolute atomic E-state index is 11.7. The molecule has 1 aliphatic rings. The molecule has 1 aromatic heterocycles. The molecule has 0 aromatic carbocycles. The molecule has 0 unspecified atom stereocenters. The van der Waals surface area contributed by atoms with Crippen LogP contribution in [0.15, 0.2) is 15.8 Å². The number of rotatable bonds is 3. The number of hydrogen-bond donors (Lipinski definition) is 3. The highest BCUT2D eigenvalue weighted by molar-refractivity contribution is 5.76. The van der Waals surface area contributed by atoms with E-state index in [4.69, 9.17) is 5.73 Å². The Morgan fingerprint density at radius 1 is 1.44 bits per heavy atom. The van der Waals surface area contributed by atoms with Crippen LogP contribution in [0.3, 0.4) is 0 Å². The third-order valence-electron chi connectivity index (χ3n) is 3.07. The molecule has 0 atom stereocenters. The van der Waals surface area contributed by atoms with Gasteiger partial charge in [-0.2, -0.15) is 0 Å². The quantitative estimate of drug-likeness (QED) is 0.652. The average molecular weight is 252 g/mol. The van der Waals surface area contributed by atoms with Crippen LogP contribution in [0.4, 0.5) is 5.69 Å². The molecule has 18 heavy (non-hydrogen) atoms. The Balaban J connectivity index is 2.04. The van der Waals surface area contributed by atoms with E-state index < -0.39 is 11.2 Å². The first-order valence-electron chi connectivity index (χ1n) is 5.95. The van der Waals surface area contributed by atoms with Crippen LogP contribution in [0.1, 0.15) is 25.7 Å². The number of nitrogens with zero attached hydrogens (tertiary/aromatic N) is 1. The first kappa shape index (κ1) is 12.4. The lowest BCUT2D eigenvalue weighted by atomic mass is 10.2. The number of amides is 1. The van der Waals surface area contributed by atoms with Gasteiger partial charge in [-0.1, -0.05) is 12.8 Å². The smallest absolute Gasteiger partial charge is 0.328 e. The van der Waals surface area contributed by atoms with Crippen molar-refractivity contribution in [3.63, 3.8) is 0 Å². The Kier molecular flexibility index (Phi) is 3.50. The second kappa shape index (κ2) is 5.07. The fraction of sp³-hybridized carbons (Fsp3) is 0.545. The van der Waals surface area contributed by atoms with Crippen molar-refractivity contribution in [3.05, 3.63) is 27.0 Å². The Hall–Kier alpha value is -2.05. The fourth-order valence-corrected chi connectivity index (χ4v) is 2.14. The highest BCUT2D eigenvalue weighted by Gasteiger charge is 2.17. The number of carbonyl (C=O) groups is 1. The van der Waals surface area contributed by atoms with Crippen LogP contribution in [0.5, 0.6) is 0 Å². The predicted octanol–water partition coefficient (Wildman–Crippen LogP) is -0.822. The van der Waals surface area contributed by atoms with Gasteiger partial charge in [0.1, 0.15) is 12.2 Å². The summed E-state index contributed by atoms with van der Waals surface area (Å²) in [5, 5.41) is 2.86. The number of H-pyrrole nitrogens is 1. The lowest BCUT2D eigenvalue weighted by molar-refractivity contribution is -0.122. The normalized spacial score (nSPS) is 15.8. The molecule has 4 N–H and O–H groups in total. The van der Waals surface area contributed by atoms with E-state index in [-0.39, 0.29) is 24.2 Å². The molecule has 2 rings (SSSR count). The van der Waals surface area contributed by atoms with Gasteiger partial charge in [0.15, 0.2) is 0 Å². The fourth-order valence-electron chi connectivity index (χ4n) is 2.14. The zero-order valence-corrected chi connectivity index (χ0v) is 9.94. The minimum Gasteiger partial charge on any atom is -0.393 e. The molecular formula is C11H16N4O3. The van der Waals surface area contributed by atoms with Gasteiger partial charge in [0, 0.05) is 12.2 Å². The highest BCUT2D eigenvalue weighted by Crippen LogP contribution is 2.17. The average Bonchev–Trinajstić information content (AvgIpc) is 2.78. The van der Waals surface area contributed by atoms with E-state index in [9.17, 15) is 14.4 Å². The number of nitrogens with two attached hydrogens (primary N) is 1. The van der Waals surface area contributed by atoms with Crippen molar-refractivity contribution in [2.75, 3.05) is 5.73 Å². The number of carbonyl (C=O) groups excluding carboxylic acids is 1. The second-order valence-electron chi connectivity index (χ2n) is 4.52. The molecule has 1 aromatic rings. The van der Waals surface area contributed by atoms with Gasteiger partial charge in [-0.25, -0.2) is 4.79 Å². The maximum Gasteiger partial charge on any atom is 0.328 e. The maximum atomic E-state index is 11.7. The lowest BCUT2D eigenvalue weighted by Gasteiger charge is -2.12. The van der Waals surface area contributed by atoms with Crippen LogP contribution in [-0.2, 0) is 11.3 Å². The van der Waals surface area contributed by atoms with Crippen molar-refractivity contribution in [2.45, 2.75) is 38.3 Å². The van der Waals surface area contributed by atoms with Crippen molar-refractivity contribution in [2.24, 2.45) is 0 Å². The molecule has 98 valence electrons. The Bertz CT molecular complexity index is 554. The van der Waals surface area contributed by atoms with E-state index in [1.54, 1.807) is 0 Å². The molecule has 0 aliphatic heterocycles. The van der Waals surface area contributed by atoms with Gasteiger partial charge in [0.05, 0.1) is 0 Å². The number of hydrogen-bond acceptors (Lipinski definition) is 4. The third-order valence-corrected chi connectivity index (χ3v) is 3.07. The van der Waals surface area contributed by atoms with Gasteiger partial charge < -0.3 is 11.1 Å². The summed E-state index contributed by atoms with van der Waals surface area (Å²) in [6, 6.07) is 0.202. The molecule has 0 bridgehead atoms. The molecule has 7 nitrogen and oxygen atoms in total. The monoisotopic (exact) mass is 252 g/mol. The molecular weight excluding hydrogens is 236 g/mol. The van der Waals surface area contributed by atoms with Gasteiger partial charge >= 0.3 is 5.69 Å². The molecule has 0 radical (unpaired) electrons. The molecule has 7 heteroatoms. The third kappa shape index (κ3) is 2.79. The number of anilines is 1. The number of nitrogens with one attached hydrogen (secondary N) is 2. The van der Waals surface area contributed by atoms with E-state index in [2.05, 4.69) is 10.3 Å². The van der Waals surface area contributed by atoms with Crippen molar-refractivity contribution in [1.29, 1.82) is 0 Å². The SMILES string of the molecule is Nc1cn(CC(=O)NC2CCCC2)c(=O)[nH]c1=O. The summed E-state index contributed by atoms with van der Waals surface area (Å²) >= 11 is 0. The van der Waals surface area contributed by atoms with Gasteiger partial charge in [0.2, 0.25) is 5.91 Å². The summed E-state index contributed by atoms with van der Waals surface area (Å²) < 4.78 is 1.10. The number of aromatic nitrogens is 2. The van der Waals surface area contributed by atoms with E-state index in [0.717, 1.165) is 30.3 Å². The Morgan fingerprint density at radius 3 is 2.78 bits per heavy atom. The summed E-state index contributed by atoms with van der Waals surface area (Å²) in [6.07, 6.45) is 5.39. The van der Waals surface area contributed by atoms with E-state index >= 15 is 0 Å². The minimum absolute atomic E-state index is 0.0803. The Labute approximate surface area is 103 Å². The number of aromatic amines is 1. The molecule has 1 amide bonds. The van der Waals surface area contributed by atoms with Crippen LogP contribution in [0.2, 0.25) is 0 Å². The van der Waals surface area contributed by atoms with E-state index in [0.29, 0.717) is 0 Å². The molecule has 0 spiro atoms. The van der Waals surface area contributed by atoms with Crippen molar-refractivity contribution >= 4 is 11.6 Å². The molecule has 1 heterocycles. The molecule has 0 saturated heterocycles. The lowest BCUT2D eigenvalue weighted by Crippen LogP contribution is -2.39. The summed E-state index contributed by atoms with van der Waals surface area (Å²) in [5.74, 6) is -0.240. The van der Waals surface area contributed by atoms with E-state index in [1.807, 2.05) is 0 Å². The largest absolute Gasteiger partial charge is 0.393 e. The summed E-state index contributed by atoms with van der Waals surface area (Å²) in [5.41, 5.74) is 4.05. The van der Waals surface area contributed by atoms with Crippen LogP contribution >= 0.6 is 0 Å². The summed E-state index contributed by atoms with van der Waals surface area (Å²) in [4.78, 5) is 36.3. The van der Waals surface area contributed by atoms with Gasteiger partial charge in [-0.3, -0.25) is 19.1 Å². The van der Waals surface area contributed by atoms with Crippen molar-refractivity contribution in [1.82, 2.24) is 14.9 Å². The second-order valence-corrected chi connectivity index (χ2v) is 4.52. The van der Waals surface area contributed by atoms with Crippen LogP contribution in [0.25, 0.3) is 0 Å². The van der Waals surface area contributed by atoms with Gasteiger partial charge in [-0.15, -0.1) is 0 Å². The van der Waals surface area contributed by atoms with E-state index in [1.165, 1.54) is 6.20 Å². The highest BCUT2D eigenvalue weighted by atomic mass is 16.2. The molecule has 1 aliphatic carbocycles. The Morgan fingerprint density at radius 2 is 2.11 bits per heavy atom. The number of nitrogen functional groups attached to an aromatic ring is 1. The first-order valence-corrected chi connectivity index (χ1v) is 5.95. The van der Waals surface area contributed by atoms with Gasteiger partial charge in [-0.05, 0) is 12.8 Å². The van der Waals surface area contributed by atoms with Gasteiger partial charge in [0.25, 0.3) is 5.56 Å². The predicted molar refractivity (Wildman–Crippen MR) is 66.1 cm³/mol. The summed E-state index contributed by atoms with van der Waals surface area (Å²) in [7, 11) is 0. The molecule has 1 fully saturated rings. The van der Waals surface area contributed by atoms with Crippen LogP contribution in [0, 0.1) is 0 Å². The van der Waals surface area contributed by atoms with Crippen molar-refractivity contribution < 1.29 is 4.79 Å². The zero-order chi connectivity index (χ0) is 13.1.